The van der Waals surface area contributed by atoms with Gasteiger partial charge < -0.3 is 5.11 Å². The van der Waals surface area contributed by atoms with E-state index >= 15 is 0 Å². The molecular formula is C13H20O2. The quantitative estimate of drug-likeness (QED) is 0.719. The van der Waals surface area contributed by atoms with Crippen molar-refractivity contribution in [2.45, 2.75) is 39.0 Å². The van der Waals surface area contributed by atoms with E-state index in [9.17, 15) is 4.79 Å². The van der Waals surface area contributed by atoms with Crippen LogP contribution in [0.1, 0.15) is 39.0 Å². The Morgan fingerprint density at radius 3 is 2.47 bits per heavy atom. The molecule has 0 spiro atoms. The van der Waals surface area contributed by atoms with Gasteiger partial charge in [-0.05, 0) is 44.4 Å². The van der Waals surface area contributed by atoms with E-state index in [2.05, 4.69) is 12.7 Å². The van der Waals surface area contributed by atoms with Crippen molar-refractivity contribution in [1.82, 2.24) is 0 Å². The van der Waals surface area contributed by atoms with E-state index in [1.54, 1.807) is 0 Å². The molecule has 0 amide bonds. The van der Waals surface area contributed by atoms with E-state index < -0.39 is 5.97 Å². The molecule has 2 heteroatoms. The number of carbonyl (C=O) groups is 1. The average molecular weight is 208 g/mol. The van der Waals surface area contributed by atoms with Gasteiger partial charge in [0.1, 0.15) is 0 Å². The summed E-state index contributed by atoms with van der Waals surface area (Å²) in [6.45, 7) is 6.05. The Hall–Kier alpha value is -1.05. The number of allylic oxidation sites excluding steroid dienone is 3. The molecule has 84 valence electrons. The molecule has 1 fully saturated rings. The summed E-state index contributed by atoms with van der Waals surface area (Å²) in [5.74, 6) is 0.300. The lowest BCUT2D eigenvalue weighted by Gasteiger charge is -2.28. The Balaban J connectivity index is 2.35. The maximum Gasteiger partial charge on any atom is 0.303 e. The number of hydrogen-bond acceptors (Lipinski definition) is 1. The predicted molar refractivity (Wildman–Crippen MR) is 61.7 cm³/mol. The third-order valence-corrected chi connectivity index (χ3v) is 3.22. The summed E-state index contributed by atoms with van der Waals surface area (Å²) in [6.07, 6.45) is 8.69. The van der Waals surface area contributed by atoms with Crippen molar-refractivity contribution in [3.8, 4) is 0 Å². The van der Waals surface area contributed by atoms with Crippen LogP contribution in [0.4, 0.5) is 0 Å². The van der Waals surface area contributed by atoms with E-state index in [0.717, 1.165) is 25.7 Å². The standard InChI is InChI=1S/C13H20O2/c1-3-4-10(2)12-7-5-11(6-8-12)9-13(14)15/h3-4,11-12H,2,5-9H2,1H3,(H,14,15)/b4-3-. The molecule has 1 N–H and O–H groups in total. The zero-order valence-corrected chi connectivity index (χ0v) is 9.41. The third-order valence-electron chi connectivity index (χ3n) is 3.22. The van der Waals surface area contributed by atoms with E-state index in [4.69, 9.17) is 5.11 Å². The van der Waals surface area contributed by atoms with Gasteiger partial charge in [-0.3, -0.25) is 4.79 Å². The normalized spacial score (nSPS) is 26.7. The summed E-state index contributed by atoms with van der Waals surface area (Å²) in [4.78, 5) is 10.6. The summed E-state index contributed by atoms with van der Waals surface area (Å²) >= 11 is 0. The third kappa shape index (κ3) is 3.90. The molecule has 0 aromatic carbocycles. The monoisotopic (exact) mass is 208 g/mol. The Bertz CT molecular complexity index is 258. The van der Waals surface area contributed by atoms with E-state index in [1.807, 2.05) is 13.0 Å². The van der Waals surface area contributed by atoms with E-state index in [-0.39, 0.29) is 0 Å². The minimum absolute atomic E-state index is 0.336. The molecule has 0 bridgehead atoms. The van der Waals surface area contributed by atoms with Crippen molar-refractivity contribution in [3.05, 3.63) is 24.3 Å². The smallest absolute Gasteiger partial charge is 0.303 e. The molecule has 0 aromatic heterocycles. The Morgan fingerprint density at radius 1 is 1.40 bits per heavy atom. The number of rotatable bonds is 4. The fourth-order valence-corrected chi connectivity index (χ4v) is 2.33. The molecular weight excluding hydrogens is 188 g/mol. The average Bonchev–Trinajstić information content (AvgIpc) is 2.18. The Morgan fingerprint density at radius 2 is 2.00 bits per heavy atom. The zero-order valence-electron chi connectivity index (χ0n) is 9.41. The molecule has 0 aromatic rings. The van der Waals surface area contributed by atoms with Gasteiger partial charge in [-0.15, -0.1) is 0 Å². The van der Waals surface area contributed by atoms with Crippen LogP contribution in [0, 0.1) is 11.8 Å². The second-order valence-electron chi connectivity index (χ2n) is 4.39. The number of carboxylic acids is 1. The Kier molecular flexibility index (Phi) is 4.60. The van der Waals surface area contributed by atoms with Crippen LogP contribution in [0.15, 0.2) is 24.3 Å². The fraction of sp³-hybridized carbons (Fsp3) is 0.615. The summed E-state index contributed by atoms with van der Waals surface area (Å²) in [6, 6.07) is 0. The van der Waals surface area contributed by atoms with Crippen molar-refractivity contribution in [1.29, 1.82) is 0 Å². The van der Waals surface area contributed by atoms with Gasteiger partial charge in [0, 0.05) is 6.42 Å². The summed E-state index contributed by atoms with van der Waals surface area (Å²) in [5, 5.41) is 8.70. The highest BCUT2D eigenvalue weighted by Crippen LogP contribution is 2.34. The molecule has 0 radical (unpaired) electrons. The maximum absolute atomic E-state index is 10.6. The van der Waals surface area contributed by atoms with Gasteiger partial charge in [0.15, 0.2) is 0 Å². The molecule has 0 aliphatic heterocycles. The van der Waals surface area contributed by atoms with Crippen molar-refractivity contribution in [3.63, 3.8) is 0 Å². The van der Waals surface area contributed by atoms with Crippen molar-refractivity contribution in [2.75, 3.05) is 0 Å². The van der Waals surface area contributed by atoms with Crippen LogP contribution in [0.2, 0.25) is 0 Å². The molecule has 0 saturated heterocycles. The number of aliphatic carboxylic acids is 1. The highest BCUT2D eigenvalue weighted by molar-refractivity contribution is 5.67. The molecule has 1 rings (SSSR count). The van der Waals surface area contributed by atoms with Crippen molar-refractivity contribution in [2.24, 2.45) is 11.8 Å². The fourth-order valence-electron chi connectivity index (χ4n) is 2.33. The first-order valence-electron chi connectivity index (χ1n) is 5.66. The highest BCUT2D eigenvalue weighted by Gasteiger charge is 2.23. The predicted octanol–water partition coefficient (Wildman–Crippen LogP) is 3.40. The SMILES string of the molecule is C=C(/C=C\C)C1CCC(CC(=O)O)CC1. The van der Waals surface area contributed by atoms with Crippen LogP contribution in [-0.4, -0.2) is 11.1 Å². The highest BCUT2D eigenvalue weighted by atomic mass is 16.4. The van der Waals surface area contributed by atoms with Crippen molar-refractivity contribution < 1.29 is 9.90 Å². The van der Waals surface area contributed by atoms with Gasteiger partial charge in [0.2, 0.25) is 0 Å². The van der Waals surface area contributed by atoms with Gasteiger partial charge in [-0.1, -0.05) is 24.3 Å². The van der Waals surface area contributed by atoms with Gasteiger partial charge >= 0.3 is 5.97 Å². The molecule has 0 atom stereocenters. The largest absolute Gasteiger partial charge is 0.481 e. The van der Waals surface area contributed by atoms with Crippen LogP contribution in [0.5, 0.6) is 0 Å². The molecule has 1 saturated carbocycles. The minimum atomic E-state index is -0.661. The second-order valence-corrected chi connectivity index (χ2v) is 4.39. The lowest BCUT2D eigenvalue weighted by molar-refractivity contribution is -0.138. The molecule has 2 nitrogen and oxygen atoms in total. The summed E-state index contributed by atoms with van der Waals surface area (Å²) < 4.78 is 0. The van der Waals surface area contributed by atoms with Gasteiger partial charge in [0.25, 0.3) is 0 Å². The topological polar surface area (TPSA) is 37.3 Å². The second kappa shape index (κ2) is 5.74. The Labute approximate surface area is 91.7 Å². The van der Waals surface area contributed by atoms with E-state index in [0.29, 0.717) is 18.3 Å². The lowest BCUT2D eigenvalue weighted by atomic mass is 9.77. The van der Waals surface area contributed by atoms with Gasteiger partial charge in [-0.25, -0.2) is 0 Å². The minimum Gasteiger partial charge on any atom is -0.481 e. The first-order chi connectivity index (χ1) is 7.13. The maximum atomic E-state index is 10.6. The van der Waals surface area contributed by atoms with Crippen LogP contribution in [-0.2, 0) is 4.79 Å². The first kappa shape index (κ1) is 12.0. The number of carboxylic acid groups (broad SMARTS) is 1. The van der Waals surface area contributed by atoms with Crippen molar-refractivity contribution >= 4 is 5.97 Å². The molecule has 1 aliphatic rings. The molecule has 15 heavy (non-hydrogen) atoms. The number of hydrogen-bond donors (Lipinski definition) is 1. The lowest BCUT2D eigenvalue weighted by Crippen LogP contribution is -2.17. The molecule has 1 aliphatic carbocycles. The van der Waals surface area contributed by atoms with Gasteiger partial charge in [0.05, 0.1) is 0 Å². The van der Waals surface area contributed by atoms with E-state index in [1.165, 1.54) is 5.57 Å². The summed E-state index contributed by atoms with van der Waals surface area (Å²) in [7, 11) is 0. The first-order valence-corrected chi connectivity index (χ1v) is 5.66. The molecule has 0 unspecified atom stereocenters. The van der Waals surface area contributed by atoms with Gasteiger partial charge in [-0.2, -0.15) is 0 Å². The van der Waals surface area contributed by atoms with Crippen LogP contribution >= 0.6 is 0 Å². The van der Waals surface area contributed by atoms with Crippen LogP contribution < -0.4 is 0 Å². The van der Waals surface area contributed by atoms with Crippen LogP contribution in [0.3, 0.4) is 0 Å². The summed E-state index contributed by atoms with van der Waals surface area (Å²) in [5.41, 5.74) is 1.20. The van der Waals surface area contributed by atoms with Crippen LogP contribution in [0.25, 0.3) is 0 Å². The molecule has 0 heterocycles. The zero-order chi connectivity index (χ0) is 11.3.